The molecule has 1 aliphatic heterocycles. The minimum Gasteiger partial charge on any atom is -0.370 e. The zero-order valence-corrected chi connectivity index (χ0v) is 11.5. The number of fused-ring (bicyclic) bond motifs is 2. The summed E-state index contributed by atoms with van der Waals surface area (Å²) in [4.78, 5) is 11.7. The summed E-state index contributed by atoms with van der Waals surface area (Å²) in [6.07, 6.45) is 4.10. The molecule has 1 aliphatic carbocycles. The number of nitrogens with zero attached hydrogens (tertiary/aromatic N) is 3. The molecular weight excluding hydrogens is 224 g/mol. The average Bonchev–Trinajstić information content (AvgIpc) is 2.95. The molecule has 2 heterocycles. The Morgan fingerprint density at radius 2 is 2.11 bits per heavy atom. The molecule has 0 amide bonds. The Kier molecular flexibility index (Phi) is 2.88. The zero-order chi connectivity index (χ0) is 12.7. The second-order valence-electron chi connectivity index (χ2n) is 5.58. The van der Waals surface area contributed by atoms with Gasteiger partial charge < -0.3 is 10.2 Å². The minimum atomic E-state index is 0.720. The second kappa shape index (κ2) is 4.41. The van der Waals surface area contributed by atoms with E-state index in [1.807, 2.05) is 6.92 Å². The van der Waals surface area contributed by atoms with Crippen LogP contribution in [-0.2, 0) is 0 Å². The van der Waals surface area contributed by atoms with Crippen molar-refractivity contribution in [1.29, 1.82) is 0 Å². The molecule has 2 aliphatic rings. The van der Waals surface area contributed by atoms with Crippen LogP contribution in [0.5, 0.6) is 0 Å². The second-order valence-corrected chi connectivity index (χ2v) is 5.58. The standard InChI is InChI=1S/C14H22N4/c1-4-15-13-9(2)14(17-10(3)16-13)18-8-11-5-6-12(18)7-11/h11-12H,4-8H2,1-3H3,(H,15,16,17). The van der Waals surface area contributed by atoms with Crippen LogP contribution in [0.15, 0.2) is 0 Å². The first-order valence-electron chi connectivity index (χ1n) is 7.04. The fourth-order valence-electron chi connectivity index (χ4n) is 3.42. The van der Waals surface area contributed by atoms with Crippen molar-refractivity contribution in [2.75, 3.05) is 23.3 Å². The Balaban J connectivity index is 1.96. The molecule has 2 bridgehead atoms. The third-order valence-electron chi connectivity index (χ3n) is 4.26. The van der Waals surface area contributed by atoms with Gasteiger partial charge in [-0.2, -0.15) is 0 Å². The fourth-order valence-corrected chi connectivity index (χ4v) is 3.42. The monoisotopic (exact) mass is 246 g/mol. The Morgan fingerprint density at radius 1 is 1.28 bits per heavy atom. The number of nitrogens with one attached hydrogen (secondary N) is 1. The molecule has 1 saturated carbocycles. The first-order valence-corrected chi connectivity index (χ1v) is 7.04. The normalized spacial score (nSPS) is 25.8. The number of anilines is 2. The molecule has 1 saturated heterocycles. The molecule has 0 spiro atoms. The van der Waals surface area contributed by atoms with Crippen molar-refractivity contribution in [3.05, 3.63) is 11.4 Å². The fraction of sp³-hybridized carbons (Fsp3) is 0.714. The summed E-state index contributed by atoms with van der Waals surface area (Å²) in [7, 11) is 0. The number of rotatable bonds is 3. The van der Waals surface area contributed by atoms with Gasteiger partial charge in [-0.1, -0.05) is 0 Å². The molecule has 2 atom stereocenters. The Bertz CT molecular complexity index is 457. The SMILES string of the molecule is CCNc1nc(C)nc(N2CC3CCC2C3)c1C. The molecule has 18 heavy (non-hydrogen) atoms. The van der Waals surface area contributed by atoms with Crippen molar-refractivity contribution in [1.82, 2.24) is 9.97 Å². The Labute approximate surface area is 109 Å². The highest BCUT2D eigenvalue weighted by molar-refractivity contribution is 5.60. The molecule has 98 valence electrons. The maximum absolute atomic E-state index is 4.69. The lowest BCUT2D eigenvalue weighted by atomic mass is 10.1. The van der Waals surface area contributed by atoms with Crippen molar-refractivity contribution >= 4 is 11.6 Å². The molecule has 3 rings (SSSR count). The molecular formula is C14H22N4. The minimum absolute atomic E-state index is 0.720. The van der Waals surface area contributed by atoms with Crippen LogP contribution in [0.2, 0.25) is 0 Å². The quantitative estimate of drug-likeness (QED) is 0.889. The van der Waals surface area contributed by atoms with Crippen LogP contribution in [0, 0.1) is 19.8 Å². The van der Waals surface area contributed by atoms with Crippen LogP contribution in [-0.4, -0.2) is 29.1 Å². The lowest BCUT2D eigenvalue weighted by Crippen LogP contribution is -2.33. The highest BCUT2D eigenvalue weighted by atomic mass is 15.3. The third kappa shape index (κ3) is 1.84. The van der Waals surface area contributed by atoms with Crippen LogP contribution < -0.4 is 10.2 Å². The number of hydrogen-bond acceptors (Lipinski definition) is 4. The van der Waals surface area contributed by atoms with Gasteiger partial charge in [-0.25, -0.2) is 9.97 Å². The highest BCUT2D eigenvalue weighted by Crippen LogP contribution is 2.41. The van der Waals surface area contributed by atoms with Crippen molar-refractivity contribution in [2.45, 2.75) is 46.1 Å². The zero-order valence-electron chi connectivity index (χ0n) is 11.5. The predicted molar refractivity (Wildman–Crippen MR) is 74.1 cm³/mol. The predicted octanol–water partition coefficient (Wildman–Crippen LogP) is 2.51. The number of aryl methyl sites for hydroxylation is 1. The van der Waals surface area contributed by atoms with Crippen LogP contribution >= 0.6 is 0 Å². The van der Waals surface area contributed by atoms with Crippen LogP contribution in [0.3, 0.4) is 0 Å². The van der Waals surface area contributed by atoms with Gasteiger partial charge in [0.15, 0.2) is 0 Å². The molecule has 2 unspecified atom stereocenters. The van der Waals surface area contributed by atoms with E-state index >= 15 is 0 Å². The maximum atomic E-state index is 4.69. The Hall–Kier alpha value is -1.32. The van der Waals surface area contributed by atoms with Crippen LogP contribution in [0.25, 0.3) is 0 Å². The van der Waals surface area contributed by atoms with E-state index in [1.54, 1.807) is 0 Å². The van der Waals surface area contributed by atoms with Crippen LogP contribution in [0.4, 0.5) is 11.6 Å². The first-order chi connectivity index (χ1) is 8.69. The topological polar surface area (TPSA) is 41.1 Å². The summed E-state index contributed by atoms with van der Waals surface area (Å²) in [6, 6.07) is 0.720. The first kappa shape index (κ1) is 11.8. The maximum Gasteiger partial charge on any atom is 0.137 e. The van der Waals surface area contributed by atoms with Gasteiger partial charge in [0.2, 0.25) is 0 Å². The van der Waals surface area contributed by atoms with Gasteiger partial charge in [-0.3, -0.25) is 0 Å². The van der Waals surface area contributed by atoms with E-state index in [0.29, 0.717) is 0 Å². The third-order valence-corrected chi connectivity index (χ3v) is 4.26. The lowest BCUT2D eigenvalue weighted by molar-refractivity contribution is 0.549. The number of hydrogen-bond donors (Lipinski definition) is 1. The van der Waals surface area contributed by atoms with Gasteiger partial charge >= 0.3 is 0 Å². The van der Waals surface area contributed by atoms with Crippen molar-refractivity contribution in [2.24, 2.45) is 5.92 Å². The van der Waals surface area contributed by atoms with E-state index in [4.69, 9.17) is 4.98 Å². The molecule has 1 N–H and O–H groups in total. The lowest BCUT2D eigenvalue weighted by Gasteiger charge is -2.30. The van der Waals surface area contributed by atoms with Gasteiger partial charge in [-0.15, -0.1) is 0 Å². The summed E-state index contributed by atoms with van der Waals surface area (Å²) >= 11 is 0. The van der Waals surface area contributed by atoms with Crippen molar-refractivity contribution < 1.29 is 0 Å². The molecule has 0 aromatic carbocycles. The van der Waals surface area contributed by atoms with E-state index in [1.165, 1.54) is 31.4 Å². The van der Waals surface area contributed by atoms with Gasteiger partial charge in [0, 0.05) is 24.7 Å². The summed E-state index contributed by atoms with van der Waals surface area (Å²) in [6.45, 7) is 8.32. The molecule has 2 fully saturated rings. The van der Waals surface area contributed by atoms with E-state index in [2.05, 4.69) is 29.0 Å². The molecule has 1 aromatic heterocycles. The summed E-state index contributed by atoms with van der Waals surface area (Å²) in [5.74, 6) is 3.93. The largest absolute Gasteiger partial charge is 0.370 e. The molecule has 4 nitrogen and oxygen atoms in total. The molecule has 4 heteroatoms. The van der Waals surface area contributed by atoms with E-state index < -0.39 is 0 Å². The number of piperidine rings is 1. The average molecular weight is 246 g/mol. The van der Waals surface area contributed by atoms with Crippen LogP contribution in [0.1, 0.15) is 37.6 Å². The van der Waals surface area contributed by atoms with Gasteiger partial charge in [0.25, 0.3) is 0 Å². The van der Waals surface area contributed by atoms with E-state index in [0.717, 1.165) is 36.0 Å². The van der Waals surface area contributed by atoms with Crippen molar-refractivity contribution in [3.63, 3.8) is 0 Å². The van der Waals surface area contributed by atoms with Gasteiger partial charge in [-0.05, 0) is 46.0 Å². The van der Waals surface area contributed by atoms with Crippen molar-refractivity contribution in [3.8, 4) is 0 Å². The highest BCUT2D eigenvalue weighted by Gasteiger charge is 2.39. The summed E-state index contributed by atoms with van der Waals surface area (Å²) < 4.78 is 0. The Morgan fingerprint density at radius 3 is 2.72 bits per heavy atom. The van der Waals surface area contributed by atoms with Gasteiger partial charge in [0.1, 0.15) is 17.5 Å². The summed E-state index contributed by atoms with van der Waals surface area (Å²) in [5, 5.41) is 3.35. The van der Waals surface area contributed by atoms with E-state index in [9.17, 15) is 0 Å². The molecule has 0 radical (unpaired) electrons. The number of aromatic nitrogens is 2. The van der Waals surface area contributed by atoms with E-state index in [-0.39, 0.29) is 0 Å². The smallest absolute Gasteiger partial charge is 0.137 e. The van der Waals surface area contributed by atoms with Gasteiger partial charge in [0.05, 0.1) is 0 Å². The molecule has 1 aromatic rings. The summed E-state index contributed by atoms with van der Waals surface area (Å²) in [5.41, 5.74) is 1.20.